The standard InChI is InChI=1S/C11H15ClFN.ClH/c1-2-3-4-11(14)9-7-8(13)5-6-10(9)12;/h5-7,11H,2-4,14H2,1H3;1H/t11-;/m1./s1. The first-order valence-electron chi connectivity index (χ1n) is 4.85. The van der Waals surface area contributed by atoms with Crippen molar-refractivity contribution in [1.82, 2.24) is 0 Å². The second-order valence-electron chi connectivity index (χ2n) is 3.41. The first kappa shape index (κ1) is 14.7. The first-order valence-corrected chi connectivity index (χ1v) is 5.23. The van der Waals surface area contributed by atoms with Crippen molar-refractivity contribution in [3.63, 3.8) is 0 Å². The van der Waals surface area contributed by atoms with Gasteiger partial charge in [0, 0.05) is 11.1 Å². The highest BCUT2D eigenvalue weighted by molar-refractivity contribution is 6.31. The SMILES string of the molecule is CCCC[C@@H](N)c1cc(F)ccc1Cl.Cl. The van der Waals surface area contributed by atoms with Gasteiger partial charge in [0.2, 0.25) is 0 Å². The molecular formula is C11H16Cl2FN. The molecule has 86 valence electrons. The molecule has 0 aliphatic heterocycles. The molecule has 0 saturated carbocycles. The van der Waals surface area contributed by atoms with Gasteiger partial charge in [-0.1, -0.05) is 31.4 Å². The van der Waals surface area contributed by atoms with Gasteiger partial charge < -0.3 is 5.73 Å². The number of hydrogen-bond acceptors (Lipinski definition) is 1. The molecule has 1 aromatic rings. The van der Waals surface area contributed by atoms with Crippen molar-refractivity contribution in [2.45, 2.75) is 32.2 Å². The minimum Gasteiger partial charge on any atom is -0.324 e. The molecule has 1 nitrogen and oxygen atoms in total. The monoisotopic (exact) mass is 251 g/mol. The van der Waals surface area contributed by atoms with E-state index < -0.39 is 0 Å². The number of hydrogen-bond donors (Lipinski definition) is 1. The zero-order chi connectivity index (χ0) is 10.6. The molecule has 0 fully saturated rings. The summed E-state index contributed by atoms with van der Waals surface area (Å²) in [7, 11) is 0. The molecule has 0 spiro atoms. The molecule has 0 aliphatic rings. The largest absolute Gasteiger partial charge is 0.324 e. The summed E-state index contributed by atoms with van der Waals surface area (Å²) >= 11 is 5.92. The number of benzene rings is 1. The molecule has 1 rings (SSSR count). The molecule has 2 N–H and O–H groups in total. The Morgan fingerprint density at radius 2 is 2.13 bits per heavy atom. The topological polar surface area (TPSA) is 26.0 Å². The second kappa shape index (κ2) is 7.04. The van der Waals surface area contributed by atoms with E-state index in [4.69, 9.17) is 17.3 Å². The Kier molecular flexibility index (Phi) is 6.90. The predicted octanol–water partition coefficient (Wildman–Crippen LogP) is 4.09. The molecule has 0 heterocycles. The highest BCUT2D eigenvalue weighted by atomic mass is 35.5. The third kappa shape index (κ3) is 4.37. The van der Waals surface area contributed by atoms with Gasteiger partial charge in [0.25, 0.3) is 0 Å². The first-order chi connectivity index (χ1) is 6.65. The molecule has 0 bridgehead atoms. The highest BCUT2D eigenvalue weighted by Crippen LogP contribution is 2.25. The Labute approximate surface area is 101 Å². The van der Waals surface area contributed by atoms with Gasteiger partial charge in [0.1, 0.15) is 5.82 Å². The molecule has 1 aromatic carbocycles. The van der Waals surface area contributed by atoms with Crippen molar-refractivity contribution in [1.29, 1.82) is 0 Å². The average Bonchev–Trinajstić information content (AvgIpc) is 2.18. The number of nitrogens with two attached hydrogens (primary N) is 1. The van der Waals surface area contributed by atoms with Crippen molar-refractivity contribution in [3.05, 3.63) is 34.6 Å². The average molecular weight is 252 g/mol. The lowest BCUT2D eigenvalue weighted by molar-refractivity contribution is 0.588. The van der Waals surface area contributed by atoms with E-state index in [1.54, 1.807) is 6.07 Å². The highest BCUT2D eigenvalue weighted by Gasteiger charge is 2.10. The lowest BCUT2D eigenvalue weighted by Crippen LogP contribution is -2.10. The smallest absolute Gasteiger partial charge is 0.123 e. The maximum absolute atomic E-state index is 12.9. The van der Waals surface area contributed by atoms with Gasteiger partial charge in [-0.2, -0.15) is 0 Å². The Bertz CT molecular complexity index is 305. The molecule has 0 radical (unpaired) electrons. The summed E-state index contributed by atoms with van der Waals surface area (Å²) in [5, 5.41) is 0.551. The summed E-state index contributed by atoms with van der Waals surface area (Å²) in [5.74, 6) is -0.281. The van der Waals surface area contributed by atoms with Crippen molar-refractivity contribution in [2.24, 2.45) is 5.73 Å². The molecule has 4 heteroatoms. The Hall–Kier alpha value is -0.310. The van der Waals surface area contributed by atoms with Crippen LogP contribution < -0.4 is 5.73 Å². The Morgan fingerprint density at radius 3 is 2.73 bits per heavy atom. The molecule has 0 unspecified atom stereocenters. The summed E-state index contributed by atoms with van der Waals surface area (Å²) in [6.45, 7) is 2.10. The zero-order valence-electron chi connectivity index (χ0n) is 8.67. The zero-order valence-corrected chi connectivity index (χ0v) is 10.2. The molecule has 0 amide bonds. The van der Waals surface area contributed by atoms with Gasteiger partial charge in [-0.15, -0.1) is 12.4 Å². The summed E-state index contributed by atoms with van der Waals surface area (Å²) < 4.78 is 12.9. The van der Waals surface area contributed by atoms with E-state index in [1.807, 2.05) is 0 Å². The predicted molar refractivity (Wildman–Crippen MR) is 65.1 cm³/mol. The van der Waals surface area contributed by atoms with Crippen LogP contribution in [0.1, 0.15) is 37.8 Å². The van der Waals surface area contributed by atoms with Gasteiger partial charge in [-0.3, -0.25) is 0 Å². The quantitative estimate of drug-likeness (QED) is 0.858. The minimum atomic E-state index is -0.281. The van der Waals surface area contributed by atoms with Crippen LogP contribution in [0.25, 0.3) is 0 Å². The van der Waals surface area contributed by atoms with Crippen LogP contribution in [-0.4, -0.2) is 0 Å². The van der Waals surface area contributed by atoms with Crippen LogP contribution in [0.4, 0.5) is 4.39 Å². The fraction of sp³-hybridized carbons (Fsp3) is 0.455. The summed E-state index contributed by atoms with van der Waals surface area (Å²) in [5.41, 5.74) is 6.61. The molecule has 15 heavy (non-hydrogen) atoms. The molecule has 0 aliphatic carbocycles. The van der Waals surface area contributed by atoms with Crippen LogP contribution in [0.15, 0.2) is 18.2 Å². The van der Waals surface area contributed by atoms with E-state index in [9.17, 15) is 4.39 Å². The van der Waals surface area contributed by atoms with E-state index in [0.717, 1.165) is 19.3 Å². The molecule has 0 aromatic heterocycles. The van der Waals surface area contributed by atoms with Crippen LogP contribution in [0.3, 0.4) is 0 Å². The van der Waals surface area contributed by atoms with E-state index in [0.29, 0.717) is 10.6 Å². The van der Waals surface area contributed by atoms with Gasteiger partial charge >= 0.3 is 0 Å². The van der Waals surface area contributed by atoms with Crippen LogP contribution in [0.2, 0.25) is 5.02 Å². The van der Waals surface area contributed by atoms with E-state index in [2.05, 4.69) is 6.92 Å². The van der Waals surface area contributed by atoms with E-state index in [1.165, 1.54) is 12.1 Å². The van der Waals surface area contributed by atoms with Gasteiger partial charge in [0.05, 0.1) is 0 Å². The van der Waals surface area contributed by atoms with Crippen LogP contribution in [-0.2, 0) is 0 Å². The van der Waals surface area contributed by atoms with Crippen molar-refractivity contribution < 1.29 is 4.39 Å². The number of halogens is 3. The van der Waals surface area contributed by atoms with Crippen LogP contribution in [0.5, 0.6) is 0 Å². The Morgan fingerprint density at radius 1 is 1.47 bits per heavy atom. The van der Waals surface area contributed by atoms with Crippen LogP contribution in [0, 0.1) is 5.82 Å². The third-order valence-electron chi connectivity index (χ3n) is 2.23. The second-order valence-corrected chi connectivity index (χ2v) is 3.82. The maximum atomic E-state index is 12.9. The van der Waals surface area contributed by atoms with Crippen LogP contribution >= 0.6 is 24.0 Å². The van der Waals surface area contributed by atoms with Gasteiger partial charge in [-0.05, 0) is 30.2 Å². The van der Waals surface area contributed by atoms with Crippen molar-refractivity contribution in [2.75, 3.05) is 0 Å². The van der Waals surface area contributed by atoms with E-state index in [-0.39, 0.29) is 24.3 Å². The van der Waals surface area contributed by atoms with Crippen molar-refractivity contribution >= 4 is 24.0 Å². The number of rotatable bonds is 4. The normalized spacial score (nSPS) is 12.0. The molecule has 0 saturated heterocycles. The third-order valence-corrected chi connectivity index (χ3v) is 2.57. The number of unbranched alkanes of at least 4 members (excludes halogenated alkanes) is 1. The van der Waals surface area contributed by atoms with Gasteiger partial charge in [0.15, 0.2) is 0 Å². The van der Waals surface area contributed by atoms with E-state index >= 15 is 0 Å². The molecule has 1 atom stereocenters. The lowest BCUT2D eigenvalue weighted by Gasteiger charge is -2.12. The summed E-state index contributed by atoms with van der Waals surface area (Å²) in [6, 6.07) is 4.16. The van der Waals surface area contributed by atoms with Crippen molar-refractivity contribution in [3.8, 4) is 0 Å². The van der Waals surface area contributed by atoms with Gasteiger partial charge in [-0.25, -0.2) is 4.39 Å². The maximum Gasteiger partial charge on any atom is 0.123 e. The lowest BCUT2D eigenvalue weighted by atomic mass is 10.0. The molecular weight excluding hydrogens is 236 g/mol. The fourth-order valence-electron chi connectivity index (χ4n) is 1.38. The fourth-order valence-corrected chi connectivity index (χ4v) is 1.64. The summed E-state index contributed by atoms with van der Waals surface area (Å²) in [4.78, 5) is 0. The Balaban J connectivity index is 0.00000196. The summed E-state index contributed by atoms with van der Waals surface area (Å²) in [6.07, 6.45) is 2.97. The minimum absolute atomic E-state index is 0.